The number of amides is 1. The van der Waals surface area contributed by atoms with Gasteiger partial charge in [-0.25, -0.2) is 0 Å². The summed E-state index contributed by atoms with van der Waals surface area (Å²) in [4.78, 5) is 36.5. The second-order valence-electron chi connectivity index (χ2n) is 4.67. The monoisotopic (exact) mass is 373 g/mol. The average molecular weight is 373 g/mol. The molecule has 10 heteroatoms. The van der Waals surface area contributed by atoms with Crippen molar-refractivity contribution in [2.45, 2.75) is 19.5 Å². The number of aromatic hydroxyl groups is 1. The molecule has 0 aliphatic carbocycles. The first-order valence-electron chi connectivity index (χ1n) is 7.39. The van der Waals surface area contributed by atoms with Crippen LogP contribution in [0.3, 0.4) is 0 Å². The van der Waals surface area contributed by atoms with E-state index in [9.17, 15) is 24.1 Å². The number of nitrogens with one attached hydrogen (secondary N) is 1. The molecule has 0 heterocycles. The summed E-state index contributed by atoms with van der Waals surface area (Å²) in [5.41, 5.74) is -1.93. The third kappa shape index (κ3) is 5.38. The van der Waals surface area contributed by atoms with Crippen LogP contribution in [0.15, 0.2) is 24.3 Å². The van der Waals surface area contributed by atoms with Gasteiger partial charge in [-0.05, 0) is 26.0 Å². The van der Waals surface area contributed by atoms with Crippen molar-refractivity contribution in [3.8, 4) is 5.75 Å². The molecule has 1 atom stereocenters. The standard InChI is InChI=1S/C15H20NO8P/c1-4-23-25(21,24-5-2)13(15(20)22-3)12(18)14(19)16-10-7-6-8-11(17)9-10/h6-9,13,17H,4-5H2,1-3H3,(H,16,19)/t13-/m0/s1. The Morgan fingerprint density at radius 2 is 1.80 bits per heavy atom. The highest BCUT2D eigenvalue weighted by Crippen LogP contribution is 2.53. The molecule has 1 amide bonds. The van der Waals surface area contributed by atoms with Gasteiger partial charge < -0.3 is 24.2 Å². The van der Waals surface area contributed by atoms with Gasteiger partial charge in [0.15, 0.2) is 0 Å². The molecule has 25 heavy (non-hydrogen) atoms. The molecular weight excluding hydrogens is 353 g/mol. The molecule has 138 valence electrons. The molecule has 0 spiro atoms. The van der Waals surface area contributed by atoms with Gasteiger partial charge in [-0.2, -0.15) is 0 Å². The summed E-state index contributed by atoms with van der Waals surface area (Å²) >= 11 is 0. The Kier molecular flexibility index (Phi) is 7.76. The fourth-order valence-electron chi connectivity index (χ4n) is 1.94. The van der Waals surface area contributed by atoms with E-state index in [0.717, 1.165) is 7.11 Å². The summed E-state index contributed by atoms with van der Waals surface area (Å²) in [7, 11) is -3.28. The van der Waals surface area contributed by atoms with Crippen LogP contribution in [0.5, 0.6) is 5.75 Å². The van der Waals surface area contributed by atoms with Gasteiger partial charge in [-0.3, -0.25) is 18.9 Å². The maximum Gasteiger partial charge on any atom is 0.353 e. The molecule has 1 aromatic rings. The van der Waals surface area contributed by atoms with Crippen molar-refractivity contribution < 1.29 is 37.8 Å². The van der Waals surface area contributed by atoms with E-state index in [1.165, 1.54) is 38.1 Å². The molecule has 0 saturated carbocycles. The zero-order valence-corrected chi connectivity index (χ0v) is 14.9. The molecule has 0 aromatic heterocycles. The van der Waals surface area contributed by atoms with Gasteiger partial charge in [-0.1, -0.05) is 6.07 Å². The fraction of sp³-hybridized carbons (Fsp3) is 0.400. The number of anilines is 1. The van der Waals surface area contributed by atoms with Crippen molar-refractivity contribution in [3.63, 3.8) is 0 Å². The molecule has 0 fully saturated rings. The number of hydrogen-bond donors (Lipinski definition) is 2. The lowest BCUT2D eigenvalue weighted by atomic mass is 10.2. The van der Waals surface area contributed by atoms with E-state index in [-0.39, 0.29) is 24.7 Å². The molecule has 0 aliphatic heterocycles. The number of phenolic OH excluding ortho intramolecular Hbond substituents is 1. The Balaban J connectivity index is 3.13. The Labute approximate surface area is 144 Å². The second kappa shape index (κ2) is 9.31. The Morgan fingerprint density at radius 3 is 2.28 bits per heavy atom. The van der Waals surface area contributed by atoms with Gasteiger partial charge in [0.05, 0.1) is 20.3 Å². The van der Waals surface area contributed by atoms with Crippen molar-refractivity contribution in [2.24, 2.45) is 0 Å². The summed E-state index contributed by atoms with van der Waals surface area (Å²) in [6.45, 7) is 2.78. The van der Waals surface area contributed by atoms with Gasteiger partial charge in [0.25, 0.3) is 5.91 Å². The quantitative estimate of drug-likeness (QED) is 0.290. The molecule has 1 rings (SSSR count). The lowest BCUT2D eigenvalue weighted by Crippen LogP contribution is -2.40. The van der Waals surface area contributed by atoms with Crippen molar-refractivity contribution in [1.82, 2.24) is 0 Å². The number of carbonyl (C=O) groups is 3. The number of rotatable bonds is 9. The minimum absolute atomic E-state index is 0.105. The largest absolute Gasteiger partial charge is 0.508 e. The maximum atomic E-state index is 12.8. The molecule has 1 aromatic carbocycles. The van der Waals surface area contributed by atoms with Crippen LogP contribution >= 0.6 is 7.60 Å². The Hall–Kier alpha value is -2.22. The predicted molar refractivity (Wildman–Crippen MR) is 88.4 cm³/mol. The molecule has 0 unspecified atom stereocenters. The van der Waals surface area contributed by atoms with Gasteiger partial charge in [-0.15, -0.1) is 0 Å². The highest BCUT2D eigenvalue weighted by Gasteiger charge is 2.49. The summed E-state index contributed by atoms with van der Waals surface area (Å²) < 4.78 is 27.2. The lowest BCUT2D eigenvalue weighted by Gasteiger charge is -2.23. The van der Waals surface area contributed by atoms with Crippen LogP contribution in [0.2, 0.25) is 0 Å². The van der Waals surface area contributed by atoms with Gasteiger partial charge in [0.2, 0.25) is 11.4 Å². The van der Waals surface area contributed by atoms with Gasteiger partial charge >= 0.3 is 13.6 Å². The number of carbonyl (C=O) groups excluding carboxylic acids is 3. The number of benzene rings is 1. The SMILES string of the molecule is CCOP(=O)(OCC)[C@H](C(=O)OC)C(=O)C(=O)Nc1cccc(O)c1. The van der Waals surface area contributed by atoms with Crippen molar-refractivity contribution in [3.05, 3.63) is 24.3 Å². The minimum Gasteiger partial charge on any atom is -0.508 e. The van der Waals surface area contributed by atoms with Gasteiger partial charge in [0, 0.05) is 11.8 Å². The number of ketones is 1. The van der Waals surface area contributed by atoms with E-state index in [0.29, 0.717) is 0 Å². The minimum atomic E-state index is -4.26. The smallest absolute Gasteiger partial charge is 0.353 e. The van der Waals surface area contributed by atoms with Crippen LogP contribution in [-0.2, 0) is 32.7 Å². The molecule has 0 saturated heterocycles. The molecule has 2 N–H and O–H groups in total. The second-order valence-corrected chi connectivity index (χ2v) is 6.78. The number of methoxy groups -OCH3 is 1. The van der Waals surface area contributed by atoms with E-state index in [1.54, 1.807) is 0 Å². The normalized spacial score (nSPS) is 12.3. The Morgan fingerprint density at radius 1 is 1.20 bits per heavy atom. The maximum absolute atomic E-state index is 12.8. The third-order valence-corrected chi connectivity index (χ3v) is 5.25. The van der Waals surface area contributed by atoms with E-state index in [4.69, 9.17) is 9.05 Å². The van der Waals surface area contributed by atoms with Crippen molar-refractivity contribution >= 4 is 30.9 Å². The van der Waals surface area contributed by atoms with E-state index in [1.807, 2.05) is 0 Å². The molecule has 0 bridgehead atoms. The number of hydrogen-bond acceptors (Lipinski definition) is 8. The van der Waals surface area contributed by atoms with Crippen molar-refractivity contribution in [1.29, 1.82) is 0 Å². The zero-order valence-electron chi connectivity index (χ0n) is 14.1. The first kappa shape index (κ1) is 20.8. The predicted octanol–water partition coefficient (Wildman–Crippen LogP) is 1.71. The van der Waals surface area contributed by atoms with Crippen LogP contribution in [0.1, 0.15) is 13.8 Å². The van der Waals surface area contributed by atoms with Gasteiger partial charge in [0.1, 0.15) is 5.75 Å². The zero-order chi connectivity index (χ0) is 19.0. The summed E-state index contributed by atoms with van der Waals surface area (Å²) in [6.07, 6.45) is 0. The topological polar surface area (TPSA) is 128 Å². The summed E-state index contributed by atoms with van der Waals surface area (Å²) in [5, 5.41) is 11.6. The Bertz CT molecular complexity index is 680. The first-order valence-corrected chi connectivity index (χ1v) is 9.01. The van der Waals surface area contributed by atoms with Crippen molar-refractivity contribution in [2.75, 3.05) is 25.6 Å². The number of esters is 1. The summed E-state index contributed by atoms with van der Waals surface area (Å²) in [6, 6.07) is 5.43. The average Bonchev–Trinajstić information content (AvgIpc) is 2.55. The van der Waals surface area contributed by atoms with E-state index >= 15 is 0 Å². The molecule has 0 aliphatic rings. The lowest BCUT2D eigenvalue weighted by molar-refractivity contribution is -0.146. The summed E-state index contributed by atoms with van der Waals surface area (Å²) in [5.74, 6) is -3.90. The van der Waals surface area contributed by atoms with Crippen LogP contribution in [0, 0.1) is 0 Å². The van der Waals surface area contributed by atoms with Crippen LogP contribution in [0.25, 0.3) is 0 Å². The third-order valence-electron chi connectivity index (χ3n) is 2.93. The van der Waals surface area contributed by atoms with Crippen LogP contribution in [-0.4, -0.2) is 48.7 Å². The highest BCUT2D eigenvalue weighted by atomic mass is 31.2. The highest BCUT2D eigenvalue weighted by molar-refractivity contribution is 7.57. The number of Topliss-reactive ketones (excluding diaryl/α,β-unsaturated/α-hetero) is 1. The van der Waals surface area contributed by atoms with Crippen LogP contribution < -0.4 is 5.32 Å². The fourth-order valence-corrected chi connectivity index (χ4v) is 3.80. The number of phenols is 1. The first-order chi connectivity index (χ1) is 11.8. The molecule has 0 radical (unpaired) electrons. The molecule has 9 nitrogen and oxygen atoms in total. The van der Waals surface area contributed by atoms with E-state index in [2.05, 4.69) is 10.1 Å². The molecular formula is C15H20NO8P. The number of ether oxygens (including phenoxy) is 1. The van der Waals surface area contributed by atoms with Crippen LogP contribution in [0.4, 0.5) is 5.69 Å². The van der Waals surface area contributed by atoms with E-state index < -0.39 is 30.9 Å².